The fourth-order valence-electron chi connectivity index (χ4n) is 2.09. The average Bonchev–Trinajstić information content (AvgIpc) is 2.67. The number of hydrogen-bond donors (Lipinski definition) is 2. The smallest absolute Gasteiger partial charge is 0.294 e. The van der Waals surface area contributed by atoms with Gasteiger partial charge in [0.05, 0.1) is 29.1 Å². The van der Waals surface area contributed by atoms with Gasteiger partial charge < -0.3 is 25.0 Å². The van der Waals surface area contributed by atoms with Crippen LogP contribution in [-0.4, -0.2) is 35.0 Å². The molecular formula is C16H12ClN6O4SY2-. The maximum atomic E-state index is 11.2. The Hall–Kier alpha value is -0.942. The van der Waals surface area contributed by atoms with Crippen LogP contribution >= 0.6 is 11.6 Å². The van der Waals surface area contributed by atoms with Crippen LogP contribution in [0.25, 0.3) is 0 Å². The van der Waals surface area contributed by atoms with Crippen LogP contribution in [0.4, 0.5) is 23.0 Å². The Morgan fingerprint density at radius 3 is 2.43 bits per heavy atom. The number of rotatable bonds is 6. The molecule has 0 unspecified atom stereocenters. The van der Waals surface area contributed by atoms with Crippen LogP contribution in [-0.2, 0) is 75.5 Å². The molecule has 2 radical (unpaired) electrons. The Kier molecular flexibility index (Phi) is 11.0. The van der Waals surface area contributed by atoms with Crippen LogP contribution in [0.1, 0.15) is 0 Å². The SMILES string of the molecule is COc1cc(N=Nc2cccc(S(=O)(=O)O)c2)ccc1Nc1n[c-]nc(Cl)n1.[Y].[Y]. The summed E-state index contributed by atoms with van der Waals surface area (Å²) in [6.07, 6.45) is 2.36. The monoisotopic (exact) mass is 597 g/mol. The third-order valence-corrected chi connectivity index (χ3v) is 4.34. The molecule has 0 fully saturated rings. The molecule has 0 bridgehead atoms. The Balaban J connectivity index is 0.00000225. The molecule has 0 atom stereocenters. The van der Waals surface area contributed by atoms with Gasteiger partial charge in [0.25, 0.3) is 10.1 Å². The van der Waals surface area contributed by atoms with Crippen LogP contribution in [0.3, 0.4) is 0 Å². The molecule has 10 nitrogen and oxygen atoms in total. The van der Waals surface area contributed by atoms with E-state index in [4.69, 9.17) is 20.9 Å². The molecular weight excluding hydrogens is 586 g/mol. The molecule has 2 aromatic carbocycles. The molecule has 0 amide bonds. The second-order valence-electron chi connectivity index (χ2n) is 5.21. The number of benzene rings is 2. The Labute approximate surface area is 227 Å². The van der Waals surface area contributed by atoms with Gasteiger partial charge in [-0.1, -0.05) is 6.07 Å². The summed E-state index contributed by atoms with van der Waals surface area (Å²) in [6, 6.07) is 10.4. The molecule has 0 saturated heterocycles. The van der Waals surface area contributed by atoms with E-state index in [9.17, 15) is 8.42 Å². The number of azo groups is 1. The molecule has 30 heavy (non-hydrogen) atoms. The van der Waals surface area contributed by atoms with Gasteiger partial charge in [0.2, 0.25) is 0 Å². The Morgan fingerprint density at radius 1 is 1.10 bits per heavy atom. The van der Waals surface area contributed by atoms with Crippen LogP contribution in [0, 0.1) is 6.33 Å². The maximum absolute atomic E-state index is 11.2. The maximum Gasteiger partial charge on any atom is 0.294 e. The summed E-state index contributed by atoms with van der Waals surface area (Å²) in [5.74, 6) is 0.620. The van der Waals surface area contributed by atoms with Gasteiger partial charge in [0.1, 0.15) is 17.0 Å². The van der Waals surface area contributed by atoms with E-state index < -0.39 is 10.1 Å². The third-order valence-electron chi connectivity index (χ3n) is 3.32. The molecule has 14 heteroatoms. The minimum Gasteiger partial charge on any atom is -0.495 e. The van der Waals surface area contributed by atoms with Crippen molar-refractivity contribution in [2.75, 3.05) is 12.4 Å². The van der Waals surface area contributed by atoms with Gasteiger partial charge in [0, 0.05) is 77.8 Å². The van der Waals surface area contributed by atoms with Gasteiger partial charge in [-0.05, 0) is 30.3 Å². The number of nitrogens with one attached hydrogen (secondary N) is 1. The van der Waals surface area contributed by atoms with Crippen molar-refractivity contribution in [1.29, 1.82) is 0 Å². The van der Waals surface area contributed by atoms with Crippen LogP contribution < -0.4 is 10.1 Å². The predicted octanol–water partition coefficient (Wildman–Crippen LogP) is 3.73. The van der Waals surface area contributed by atoms with Crippen molar-refractivity contribution >= 4 is 44.7 Å². The molecule has 0 aliphatic heterocycles. The summed E-state index contributed by atoms with van der Waals surface area (Å²) >= 11 is 5.70. The minimum atomic E-state index is -4.32. The number of ether oxygens (including phenoxy) is 1. The number of anilines is 2. The molecule has 0 spiro atoms. The van der Waals surface area contributed by atoms with Crippen molar-refractivity contribution in [1.82, 2.24) is 15.0 Å². The summed E-state index contributed by atoms with van der Waals surface area (Å²) in [6.45, 7) is 0. The number of nitrogens with zero attached hydrogens (tertiary/aromatic N) is 5. The van der Waals surface area contributed by atoms with E-state index in [0.717, 1.165) is 0 Å². The number of halogens is 1. The normalized spacial score (nSPS) is 10.8. The molecule has 3 aromatic rings. The van der Waals surface area contributed by atoms with Gasteiger partial charge in [-0.2, -0.15) is 18.6 Å². The minimum absolute atomic E-state index is 0. The standard InChI is InChI=1S/C16H12ClN6O4S.2Y/c1-27-14-8-11(5-6-13(14)20-16-19-9-18-15(17)21-16)23-22-10-3-2-4-12(7-10)28(24,25)26;;/h2-8H,1H3,(H,24,25,26)(H,18,19,20,21);;/q-1;;. The van der Waals surface area contributed by atoms with E-state index in [1.54, 1.807) is 24.3 Å². The first-order valence-corrected chi connectivity index (χ1v) is 9.39. The van der Waals surface area contributed by atoms with E-state index in [1.165, 1.54) is 25.3 Å². The molecule has 0 saturated carbocycles. The molecule has 3 rings (SSSR count). The van der Waals surface area contributed by atoms with Crippen molar-refractivity contribution in [2.24, 2.45) is 10.2 Å². The fraction of sp³-hybridized carbons (Fsp3) is 0.0625. The average molecular weight is 598 g/mol. The summed E-state index contributed by atoms with van der Waals surface area (Å²) < 4.78 is 36.8. The van der Waals surface area contributed by atoms with Gasteiger partial charge >= 0.3 is 0 Å². The molecule has 1 heterocycles. The van der Waals surface area contributed by atoms with Gasteiger partial charge in [0.15, 0.2) is 0 Å². The van der Waals surface area contributed by atoms with Crippen LogP contribution in [0.5, 0.6) is 5.75 Å². The van der Waals surface area contributed by atoms with Gasteiger partial charge in [-0.25, -0.2) is 0 Å². The molecule has 0 aliphatic carbocycles. The zero-order valence-corrected chi connectivity index (χ0v) is 22.6. The summed E-state index contributed by atoms with van der Waals surface area (Å²) in [7, 11) is -2.84. The van der Waals surface area contributed by atoms with E-state index in [0.29, 0.717) is 17.1 Å². The fourth-order valence-corrected chi connectivity index (χ4v) is 2.73. The van der Waals surface area contributed by atoms with E-state index >= 15 is 0 Å². The Morgan fingerprint density at radius 2 is 1.80 bits per heavy atom. The molecule has 1 aromatic heterocycles. The van der Waals surface area contributed by atoms with Crippen molar-refractivity contribution < 1.29 is 83.1 Å². The third kappa shape index (κ3) is 7.63. The Bertz CT molecular complexity index is 1150. The number of aromatic nitrogens is 3. The largest absolute Gasteiger partial charge is 0.495 e. The first kappa shape index (κ1) is 27.1. The second-order valence-corrected chi connectivity index (χ2v) is 6.97. The number of methoxy groups -OCH3 is 1. The molecule has 2 N–H and O–H groups in total. The van der Waals surface area contributed by atoms with Gasteiger partial charge in [-0.15, -0.1) is 11.6 Å². The van der Waals surface area contributed by atoms with E-state index in [2.05, 4.69) is 36.8 Å². The van der Waals surface area contributed by atoms with Gasteiger partial charge in [-0.3, -0.25) is 4.55 Å². The quantitative estimate of drug-likeness (QED) is 0.249. The van der Waals surface area contributed by atoms with Crippen molar-refractivity contribution in [3.05, 3.63) is 54.1 Å². The zero-order valence-electron chi connectivity index (χ0n) is 15.4. The molecule has 0 aliphatic rings. The van der Waals surface area contributed by atoms with Crippen molar-refractivity contribution in [2.45, 2.75) is 4.90 Å². The molecule has 150 valence electrons. The zero-order chi connectivity index (χ0) is 20.1. The van der Waals surface area contributed by atoms with Crippen molar-refractivity contribution in [3.8, 4) is 5.75 Å². The van der Waals surface area contributed by atoms with Crippen LogP contribution in [0.2, 0.25) is 5.28 Å². The van der Waals surface area contributed by atoms with E-state index in [-0.39, 0.29) is 87.2 Å². The van der Waals surface area contributed by atoms with Crippen molar-refractivity contribution in [3.63, 3.8) is 0 Å². The second kappa shape index (κ2) is 12.2. The van der Waals surface area contributed by atoms with Crippen LogP contribution in [0.15, 0.2) is 57.6 Å². The summed E-state index contributed by atoms with van der Waals surface area (Å²) in [5.41, 5.74) is 1.25. The number of hydrogen-bond acceptors (Lipinski definition) is 9. The first-order chi connectivity index (χ1) is 13.3. The summed E-state index contributed by atoms with van der Waals surface area (Å²) in [4.78, 5) is 11.0. The topological polar surface area (TPSA) is 139 Å². The van der Waals surface area contributed by atoms with E-state index in [1.807, 2.05) is 0 Å². The predicted molar refractivity (Wildman–Crippen MR) is 100 cm³/mol. The first-order valence-electron chi connectivity index (χ1n) is 7.57. The summed E-state index contributed by atoms with van der Waals surface area (Å²) in [5, 5.41) is 10.9.